The van der Waals surface area contributed by atoms with Gasteiger partial charge in [0.1, 0.15) is 0 Å². The molecule has 0 saturated heterocycles. The Morgan fingerprint density at radius 3 is 3.08 bits per heavy atom. The summed E-state index contributed by atoms with van der Waals surface area (Å²) >= 11 is 5.97. The smallest absolute Gasteiger partial charge is 0.0669 e. The first-order chi connectivity index (χ1) is 6.33. The lowest BCUT2D eigenvalue weighted by atomic mass is 10.1. The van der Waals surface area contributed by atoms with Crippen LogP contribution < -0.4 is 0 Å². The van der Waals surface area contributed by atoms with E-state index in [2.05, 4.69) is 11.1 Å². The zero-order valence-corrected chi connectivity index (χ0v) is 7.60. The number of H-pyrrole nitrogens is 1. The topological polar surface area (TPSA) is 39.6 Å². The number of benzene rings is 1. The molecule has 0 bridgehead atoms. The number of rotatable bonds is 1. The molecular formula is C10H7ClN2. The van der Waals surface area contributed by atoms with Gasteiger partial charge in [-0.25, -0.2) is 0 Å². The van der Waals surface area contributed by atoms with Crippen LogP contribution in [0, 0.1) is 11.3 Å². The monoisotopic (exact) mass is 190 g/mol. The summed E-state index contributed by atoms with van der Waals surface area (Å²) in [7, 11) is 0. The van der Waals surface area contributed by atoms with Crippen molar-refractivity contribution >= 4 is 22.5 Å². The molecule has 2 nitrogen and oxygen atoms in total. The minimum Gasteiger partial charge on any atom is -0.360 e. The highest BCUT2D eigenvalue weighted by molar-refractivity contribution is 6.35. The molecule has 0 aliphatic carbocycles. The number of fused-ring (bicyclic) bond motifs is 1. The predicted molar refractivity (Wildman–Crippen MR) is 52.6 cm³/mol. The van der Waals surface area contributed by atoms with Gasteiger partial charge in [-0.05, 0) is 11.6 Å². The minimum absolute atomic E-state index is 0.398. The Hall–Kier alpha value is -1.46. The van der Waals surface area contributed by atoms with Crippen LogP contribution in [0.1, 0.15) is 5.56 Å². The van der Waals surface area contributed by atoms with E-state index in [1.54, 1.807) is 6.20 Å². The summed E-state index contributed by atoms with van der Waals surface area (Å²) in [6.45, 7) is 0. The summed E-state index contributed by atoms with van der Waals surface area (Å²) in [4.78, 5) is 3.05. The van der Waals surface area contributed by atoms with E-state index in [4.69, 9.17) is 16.9 Å². The van der Waals surface area contributed by atoms with Crippen LogP contribution >= 0.6 is 11.6 Å². The van der Waals surface area contributed by atoms with E-state index < -0.39 is 0 Å². The molecule has 13 heavy (non-hydrogen) atoms. The molecule has 3 heteroatoms. The van der Waals surface area contributed by atoms with Gasteiger partial charge in [0.05, 0.1) is 17.5 Å². The van der Waals surface area contributed by atoms with Crippen LogP contribution in [0.3, 0.4) is 0 Å². The van der Waals surface area contributed by atoms with E-state index >= 15 is 0 Å². The van der Waals surface area contributed by atoms with Crippen LogP contribution in [0.5, 0.6) is 0 Å². The first-order valence-corrected chi connectivity index (χ1v) is 4.32. The Morgan fingerprint density at radius 1 is 1.46 bits per heavy atom. The lowest BCUT2D eigenvalue weighted by Gasteiger charge is -1.97. The van der Waals surface area contributed by atoms with E-state index in [9.17, 15) is 0 Å². The van der Waals surface area contributed by atoms with Gasteiger partial charge in [-0.15, -0.1) is 0 Å². The Balaban J connectivity index is 2.74. The van der Waals surface area contributed by atoms with Crippen LogP contribution in [-0.2, 0) is 6.42 Å². The molecule has 0 radical (unpaired) electrons. The van der Waals surface area contributed by atoms with Crippen LogP contribution in [-0.4, -0.2) is 4.98 Å². The van der Waals surface area contributed by atoms with Gasteiger partial charge in [-0.1, -0.05) is 23.7 Å². The first-order valence-electron chi connectivity index (χ1n) is 3.94. The molecule has 0 saturated carbocycles. The average Bonchev–Trinajstić information content (AvgIpc) is 2.50. The minimum atomic E-state index is 0.398. The van der Waals surface area contributed by atoms with E-state index in [0.717, 1.165) is 16.5 Å². The van der Waals surface area contributed by atoms with Crippen molar-refractivity contribution in [2.24, 2.45) is 0 Å². The SMILES string of the molecule is N#CCc1cccc2[nH]cc(Cl)c12. The van der Waals surface area contributed by atoms with Gasteiger partial charge < -0.3 is 4.98 Å². The zero-order valence-electron chi connectivity index (χ0n) is 6.84. The fourth-order valence-electron chi connectivity index (χ4n) is 1.45. The molecule has 0 aliphatic heterocycles. The number of nitrogens with one attached hydrogen (secondary N) is 1. The summed E-state index contributed by atoms with van der Waals surface area (Å²) in [5, 5.41) is 10.2. The number of hydrogen-bond donors (Lipinski definition) is 1. The van der Waals surface area contributed by atoms with Gasteiger partial charge in [0.25, 0.3) is 0 Å². The van der Waals surface area contributed by atoms with E-state index in [1.807, 2.05) is 18.2 Å². The summed E-state index contributed by atoms with van der Waals surface area (Å²) in [5.74, 6) is 0. The Bertz CT molecular complexity index is 479. The van der Waals surface area contributed by atoms with E-state index in [0.29, 0.717) is 11.4 Å². The van der Waals surface area contributed by atoms with Crippen LogP contribution in [0.15, 0.2) is 24.4 Å². The Labute approximate surface area is 80.7 Å². The number of halogens is 1. The molecule has 0 unspecified atom stereocenters. The molecule has 1 aromatic heterocycles. The van der Waals surface area contributed by atoms with Gasteiger partial charge in [0.15, 0.2) is 0 Å². The van der Waals surface area contributed by atoms with Crippen molar-refractivity contribution in [3.8, 4) is 6.07 Å². The van der Waals surface area contributed by atoms with Crippen molar-refractivity contribution < 1.29 is 0 Å². The third kappa shape index (κ3) is 1.28. The highest BCUT2D eigenvalue weighted by Crippen LogP contribution is 2.26. The van der Waals surface area contributed by atoms with Crippen LogP contribution in [0.2, 0.25) is 5.02 Å². The van der Waals surface area contributed by atoms with E-state index in [-0.39, 0.29) is 0 Å². The van der Waals surface area contributed by atoms with Crippen molar-refractivity contribution in [3.63, 3.8) is 0 Å². The highest BCUT2D eigenvalue weighted by atomic mass is 35.5. The van der Waals surface area contributed by atoms with E-state index in [1.165, 1.54) is 0 Å². The molecule has 0 atom stereocenters. The average molecular weight is 191 g/mol. The fourth-order valence-corrected chi connectivity index (χ4v) is 1.73. The second kappa shape index (κ2) is 3.12. The number of hydrogen-bond acceptors (Lipinski definition) is 1. The van der Waals surface area contributed by atoms with Crippen LogP contribution in [0.25, 0.3) is 10.9 Å². The lowest BCUT2D eigenvalue weighted by molar-refractivity contribution is 1.29. The van der Waals surface area contributed by atoms with Crippen LogP contribution in [0.4, 0.5) is 0 Å². The van der Waals surface area contributed by atoms with Gasteiger partial charge >= 0.3 is 0 Å². The Kier molecular flexibility index (Phi) is 1.96. The summed E-state index contributed by atoms with van der Waals surface area (Å²) in [6, 6.07) is 7.91. The van der Waals surface area contributed by atoms with Gasteiger partial charge in [0.2, 0.25) is 0 Å². The standard InChI is InChI=1S/C10H7ClN2/c11-8-6-13-9-3-1-2-7(4-5-12)10(8)9/h1-3,6,13H,4H2. The maximum absolute atomic E-state index is 8.60. The first kappa shape index (κ1) is 8.15. The van der Waals surface area contributed by atoms with Crippen molar-refractivity contribution in [3.05, 3.63) is 35.0 Å². The molecule has 1 aromatic carbocycles. The largest absolute Gasteiger partial charge is 0.360 e. The quantitative estimate of drug-likeness (QED) is 0.738. The maximum atomic E-state index is 8.60. The molecular weight excluding hydrogens is 184 g/mol. The maximum Gasteiger partial charge on any atom is 0.0669 e. The number of aromatic amines is 1. The molecule has 0 amide bonds. The molecule has 2 rings (SSSR count). The molecule has 0 aliphatic rings. The fraction of sp³-hybridized carbons (Fsp3) is 0.100. The summed E-state index contributed by atoms with van der Waals surface area (Å²) in [6.07, 6.45) is 2.14. The third-order valence-electron chi connectivity index (χ3n) is 2.01. The number of nitriles is 1. The molecule has 1 heterocycles. The van der Waals surface area contributed by atoms with Crippen molar-refractivity contribution in [2.75, 3.05) is 0 Å². The third-order valence-corrected chi connectivity index (χ3v) is 2.31. The normalized spacial score (nSPS) is 10.2. The van der Waals surface area contributed by atoms with Gasteiger partial charge in [-0.3, -0.25) is 0 Å². The molecule has 64 valence electrons. The summed E-state index contributed by atoms with van der Waals surface area (Å²) in [5.41, 5.74) is 1.96. The van der Waals surface area contributed by atoms with Crippen molar-refractivity contribution in [1.82, 2.24) is 4.98 Å². The molecule has 0 spiro atoms. The number of aromatic nitrogens is 1. The molecule has 0 fully saturated rings. The zero-order chi connectivity index (χ0) is 9.26. The number of nitrogens with zero attached hydrogens (tertiary/aromatic N) is 1. The van der Waals surface area contributed by atoms with Crippen molar-refractivity contribution in [1.29, 1.82) is 5.26 Å². The predicted octanol–water partition coefficient (Wildman–Crippen LogP) is 2.89. The lowest BCUT2D eigenvalue weighted by Crippen LogP contribution is -1.82. The van der Waals surface area contributed by atoms with Crippen molar-refractivity contribution in [2.45, 2.75) is 6.42 Å². The second-order valence-electron chi connectivity index (χ2n) is 2.81. The molecule has 2 aromatic rings. The van der Waals surface area contributed by atoms with Gasteiger partial charge in [0, 0.05) is 17.1 Å². The Morgan fingerprint density at radius 2 is 2.31 bits per heavy atom. The molecule has 1 N–H and O–H groups in total. The van der Waals surface area contributed by atoms with Gasteiger partial charge in [-0.2, -0.15) is 5.26 Å². The summed E-state index contributed by atoms with van der Waals surface area (Å²) < 4.78 is 0. The highest BCUT2D eigenvalue weighted by Gasteiger charge is 2.05. The second-order valence-corrected chi connectivity index (χ2v) is 3.22.